The summed E-state index contributed by atoms with van der Waals surface area (Å²) in [6.45, 7) is 0.679. The molecule has 11 nitrogen and oxygen atoms in total. The molecule has 0 unspecified atom stereocenters. The molecule has 0 radical (unpaired) electrons. The Labute approximate surface area is 199 Å². The van der Waals surface area contributed by atoms with E-state index in [9.17, 15) is 19.1 Å². The Hall–Kier alpha value is -4.06. The number of amides is 1. The second-order valence-corrected chi connectivity index (χ2v) is 8.66. The van der Waals surface area contributed by atoms with E-state index in [1.807, 2.05) is 0 Å². The molecule has 0 saturated carbocycles. The number of halogens is 1. The van der Waals surface area contributed by atoms with Crippen LogP contribution in [-0.2, 0) is 13.6 Å². The number of ether oxygens (including phenoxy) is 1. The Morgan fingerprint density at radius 2 is 1.94 bits per heavy atom. The Kier molecular flexibility index (Phi) is 5.59. The number of fused-ring (bicyclic) bond motifs is 1. The number of hydrogen-bond donors (Lipinski definition) is 1. The maximum Gasteiger partial charge on any atom is 0.274 e. The minimum absolute atomic E-state index is 0.0376. The molecule has 3 aromatic heterocycles. The number of aromatic nitrogens is 6. The molecule has 4 aromatic rings. The Morgan fingerprint density at radius 1 is 1.23 bits per heavy atom. The number of methoxy groups -OCH3 is 1. The molecule has 0 atom stereocenters. The number of carbonyl (C=O) groups excluding carboxylic acids is 1. The van der Waals surface area contributed by atoms with Crippen molar-refractivity contribution >= 4 is 16.9 Å². The molecule has 1 amide bonds. The van der Waals surface area contributed by atoms with Crippen LogP contribution in [-0.4, -0.2) is 70.8 Å². The molecule has 1 aliphatic heterocycles. The van der Waals surface area contributed by atoms with E-state index in [4.69, 9.17) is 4.74 Å². The van der Waals surface area contributed by atoms with Crippen LogP contribution in [0.15, 0.2) is 47.7 Å². The minimum atomic E-state index is -1.18. The van der Waals surface area contributed by atoms with Crippen LogP contribution in [0.25, 0.3) is 16.7 Å². The number of piperidine rings is 1. The van der Waals surface area contributed by atoms with Crippen LogP contribution in [0.3, 0.4) is 0 Å². The van der Waals surface area contributed by atoms with Crippen LogP contribution in [0, 0.1) is 5.82 Å². The fourth-order valence-electron chi connectivity index (χ4n) is 4.34. The molecule has 1 saturated heterocycles. The van der Waals surface area contributed by atoms with E-state index in [1.165, 1.54) is 45.7 Å². The average molecular weight is 481 g/mol. The highest BCUT2D eigenvalue weighted by Gasteiger charge is 2.35. The number of nitrogens with zero attached hydrogens (tertiary/aromatic N) is 7. The van der Waals surface area contributed by atoms with Crippen molar-refractivity contribution in [3.63, 3.8) is 0 Å². The van der Waals surface area contributed by atoms with Crippen LogP contribution in [0.5, 0.6) is 5.88 Å². The first-order valence-electron chi connectivity index (χ1n) is 11.1. The number of aliphatic hydroxyl groups is 1. The first kappa shape index (κ1) is 22.7. The van der Waals surface area contributed by atoms with Gasteiger partial charge in [0.15, 0.2) is 11.3 Å². The highest BCUT2D eigenvalue weighted by molar-refractivity contribution is 5.92. The number of likely N-dealkylation sites (tertiary alicyclic amines) is 1. The zero-order valence-electron chi connectivity index (χ0n) is 19.3. The quantitative estimate of drug-likeness (QED) is 0.454. The lowest BCUT2D eigenvalue weighted by Crippen LogP contribution is -2.49. The smallest absolute Gasteiger partial charge is 0.274 e. The second-order valence-electron chi connectivity index (χ2n) is 8.66. The van der Waals surface area contributed by atoms with Gasteiger partial charge in [-0.05, 0) is 37.1 Å². The van der Waals surface area contributed by atoms with Gasteiger partial charge in [0, 0.05) is 26.2 Å². The molecule has 182 valence electrons. The highest BCUT2D eigenvalue weighted by atomic mass is 19.1. The number of benzene rings is 1. The van der Waals surface area contributed by atoms with Gasteiger partial charge in [0.1, 0.15) is 17.5 Å². The predicted octanol–water partition coefficient (Wildman–Crippen LogP) is 1.13. The van der Waals surface area contributed by atoms with Crippen LogP contribution < -0.4 is 10.3 Å². The van der Waals surface area contributed by atoms with Crippen molar-refractivity contribution in [2.45, 2.75) is 25.0 Å². The summed E-state index contributed by atoms with van der Waals surface area (Å²) in [6.07, 6.45) is 3.38. The van der Waals surface area contributed by atoms with Gasteiger partial charge in [-0.15, -0.1) is 0 Å². The van der Waals surface area contributed by atoms with Crippen molar-refractivity contribution < 1.29 is 19.0 Å². The summed E-state index contributed by atoms with van der Waals surface area (Å²) < 4.78 is 22.7. The van der Waals surface area contributed by atoms with Crippen molar-refractivity contribution in [2.24, 2.45) is 7.05 Å². The van der Waals surface area contributed by atoms with Gasteiger partial charge in [0.05, 0.1) is 31.1 Å². The number of hydrogen-bond acceptors (Lipinski definition) is 7. The SMILES string of the molecule is COc1cc(C(=O)N2CCC(O)(Cn3cnc4c(cnn4-c4ccc(F)cc4)c3=O)CC2)nn1C. The minimum Gasteiger partial charge on any atom is -0.481 e. The normalized spacial score (nSPS) is 15.5. The zero-order chi connectivity index (χ0) is 24.7. The number of carbonyl (C=O) groups is 1. The molecule has 0 spiro atoms. The molecule has 0 aliphatic carbocycles. The van der Waals surface area contributed by atoms with E-state index in [1.54, 1.807) is 30.1 Å². The van der Waals surface area contributed by atoms with E-state index < -0.39 is 5.60 Å². The molecule has 5 rings (SSSR count). The maximum absolute atomic E-state index is 13.3. The molecule has 1 aromatic carbocycles. The summed E-state index contributed by atoms with van der Waals surface area (Å²) in [6, 6.07) is 7.29. The van der Waals surface area contributed by atoms with Crippen molar-refractivity contribution in [1.29, 1.82) is 0 Å². The molecular weight excluding hydrogens is 457 g/mol. The summed E-state index contributed by atoms with van der Waals surface area (Å²) in [5, 5.41) is 19.9. The molecule has 1 fully saturated rings. The van der Waals surface area contributed by atoms with Gasteiger partial charge in [0.25, 0.3) is 11.5 Å². The standard InChI is InChI=1S/C23H24FN7O4/c1-28-19(35-2)11-18(27-28)22(33)29-9-7-23(34,8-10-29)13-30-14-25-20-17(21(30)32)12-26-31(20)16-5-3-15(24)4-6-16/h3-6,11-12,14,34H,7-10,13H2,1-2H3. The first-order valence-corrected chi connectivity index (χ1v) is 11.1. The Balaban J connectivity index is 1.31. The van der Waals surface area contributed by atoms with Crippen molar-refractivity contribution in [3.8, 4) is 11.6 Å². The Bertz CT molecular complexity index is 1450. The predicted molar refractivity (Wildman–Crippen MR) is 123 cm³/mol. The average Bonchev–Trinajstić information content (AvgIpc) is 3.45. The molecule has 1 N–H and O–H groups in total. The summed E-state index contributed by atoms with van der Waals surface area (Å²) in [7, 11) is 3.20. The van der Waals surface area contributed by atoms with Crippen molar-refractivity contribution in [2.75, 3.05) is 20.2 Å². The summed E-state index contributed by atoms with van der Waals surface area (Å²) >= 11 is 0. The second kappa shape index (κ2) is 8.62. The lowest BCUT2D eigenvalue weighted by atomic mass is 9.91. The van der Waals surface area contributed by atoms with Gasteiger partial charge in [-0.25, -0.2) is 18.7 Å². The fourth-order valence-corrected chi connectivity index (χ4v) is 4.34. The lowest BCUT2D eigenvalue weighted by molar-refractivity contribution is -0.0300. The molecular formula is C23H24FN7O4. The summed E-state index contributed by atoms with van der Waals surface area (Å²) in [4.78, 5) is 31.9. The van der Waals surface area contributed by atoms with E-state index in [-0.39, 0.29) is 34.9 Å². The van der Waals surface area contributed by atoms with Crippen molar-refractivity contribution in [3.05, 3.63) is 64.7 Å². The van der Waals surface area contributed by atoms with Gasteiger partial charge >= 0.3 is 0 Å². The van der Waals surface area contributed by atoms with Crippen LogP contribution >= 0.6 is 0 Å². The lowest BCUT2D eigenvalue weighted by Gasteiger charge is -2.38. The van der Waals surface area contributed by atoms with E-state index in [2.05, 4.69) is 15.2 Å². The number of rotatable bonds is 5. The van der Waals surface area contributed by atoms with E-state index in [0.717, 1.165) is 0 Å². The van der Waals surface area contributed by atoms with E-state index in [0.29, 0.717) is 43.1 Å². The third kappa shape index (κ3) is 4.16. The zero-order valence-corrected chi connectivity index (χ0v) is 19.3. The topological polar surface area (TPSA) is 120 Å². The Morgan fingerprint density at radius 3 is 2.60 bits per heavy atom. The molecule has 1 aliphatic rings. The van der Waals surface area contributed by atoms with Gasteiger partial charge < -0.3 is 14.7 Å². The van der Waals surface area contributed by atoms with Crippen molar-refractivity contribution in [1.82, 2.24) is 34.0 Å². The summed E-state index contributed by atoms with van der Waals surface area (Å²) in [5.41, 5.74) is -0.317. The van der Waals surface area contributed by atoms with E-state index >= 15 is 0 Å². The van der Waals surface area contributed by atoms with Crippen LogP contribution in [0.2, 0.25) is 0 Å². The van der Waals surface area contributed by atoms with Crippen LogP contribution in [0.1, 0.15) is 23.3 Å². The molecule has 12 heteroatoms. The largest absolute Gasteiger partial charge is 0.481 e. The number of aryl methyl sites for hydroxylation is 1. The molecule has 0 bridgehead atoms. The third-order valence-electron chi connectivity index (χ3n) is 6.34. The van der Waals surface area contributed by atoms with Gasteiger partial charge in [-0.3, -0.25) is 14.2 Å². The van der Waals surface area contributed by atoms with Gasteiger partial charge in [0.2, 0.25) is 5.88 Å². The molecule has 4 heterocycles. The third-order valence-corrected chi connectivity index (χ3v) is 6.34. The first-order chi connectivity index (χ1) is 16.8. The maximum atomic E-state index is 13.3. The summed E-state index contributed by atoms with van der Waals surface area (Å²) in [5.74, 6) is -0.132. The van der Waals surface area contributed by atoms with Crippen LogP contribution in [0.4, 0.5) is 4.39 Å². The monoisotopic (exact) mass is 481 g/mol. The highest BCUT2D eigenvalue weighted by Crippen LogP contribution is 2.25. The van der Waals surface area contributed by atoms with Gasteiger partial charge in [-0.2, -0.15) is 10.2 Å². The fraction of sp³-hybridized carbons (Fsp3) is 0.348. The molecule has 35 heavy (non-hydrogen) atoms. The van der Waals surface area contributed by atoms with Gasteiger partial charge in [-0.1, -0.05) is 0 Å².